The highest BCUT2D eigenvalue weighted by atomic mass is 16.2. The molecule has 3 rings (SSSR count). The Morgan fingerprint density at radius 2 is 1.97 bits per heavy atom. The molecule has 1 heterocycles. The highest BCUT2D eigenvalue weighted by Gasteiger charge is 2.16. The maximum absolute atomic E-state index is 13.0. The Morgan fingerprint density at radius 1 is 1.13 bits per heavy atom. The zero-order chi connectivity index (χ0) is 21.3. The number of carbonyl (C=O) groups excluding carboxylic acids is 1. The largest absolute Gasteiger partial charge is 0.345 e. The smallest absolute Gasteiger partial charge is 0.322 e. The molecule has 0 spiro atoms. The molecule has 30 heavy (non-hydrogen) atoms. The van der Waals surface area contributed by atoms with Crippen molar-refractivity contribution >= 4 is 11.7 Å². The number of nitriles is 1. The number of unbranched alkanes of at least 4 members (excludes halogenated alkanes) is 1. The fourth-order valence-corrected chi connectivity index (χ4v) is 3.42. The van der Waals surface area contributed by atoms with Crippen molar-refractivity contribution in [2.24, 2.45) is 0 Å². The summed E-state index contributed by atoms with van der Waals surface area (Å²) in [6.07, 6.45) is 4.01. The molecule has 2 aromatic carbocycles. The third-order valence-electron chi connectivity index (χ3n) is 5.02. The SMILES string of the molecule is CCCCN(Cc1cccn1Cc1cccc(C)c1)C(=O)Nc1cccc(C#N)c1. The second-order valence-electron chi connectivity index (χ2n) is 7.51. The first-order valence-corrected chi connectivity index (χ1v) is 10.3. The molecule has 3 aromatic rings. The Hall–Kier alpha value is -3.52. The molecule has 5 heteroatoms. The van der Waals surface area contributed by atoms with E-state index in [4.69, 9.17) is 5.26 Å². The van der Waals surface area contributed by atoms with Gasteiger partial charge >= 0.3 is 6.03 Å². The Kier molecular flexibility index (Phi) is 7.29. The zero-order valence-electron chi connectivity index (χ0n) is 17.6. The van der Waals surface area contributed by atoms with Crippen LogP contribution in [0.2, 0.25) is 0 Å². The van der Waals surface area contributed by atoms with Crippen LogP contribution in [0.15, 0.2) is 66.9 Å². The van der Waals surface area contributed by atoms with Crippen molar-refractivity contribution in [1.82, 2.24) is 9.47 Å². The third-order valence-corrected chi connectivity index (χ3v) is 5.02. The molecule has 0 aliphatic heterocycles. The second kappa shape index (κ2) is 10.3. The molecule has 0 bridgehead atoms. The lowest BCUT2D eigenvalue weighted by atomic mass is 10.1. The summed E-state index contributed by atoms with van der Waals surface area (Å²) < 4.78 is 2.19. The molecule has 0 radical (unpaired) electrons. The number of hydrogen-bond donors (Lipinski definition) is 1. The molecule has 0 atom stereocenters. The molecule has 154 valence electrons. The fraction of sp³-hybridized carbons (Fsp3) is 0.280. The summed E-state index contributed by atoms with van der Waals surface area (Å²) in [7, 11) is 0. The van der Waals surface area contributed by atoms with Gasteiger partial charge in [0.1, 0.15) is 0 Å². The monoisotopic (exact) mass is 400 g/mol. The average Bonchev–Trinajstić information content (AvgIpc) is 3.17. The van der Waals surface area contributed by atoms with Gasteiger partial charge in [-0.2, -0.15) is 5.26 Å². The van der Waals surface area contributed by atoms with Crippen molar-refractivity contribution in [3.05, 3.63) is 89.2 Å². The number of carbonyl (C=O) groups is 1. The van der Waals surface area contributed by atoms with Gasteiger partial charge in [0.25, 0.3) is 0 Å². The topological polar surface area (TPSA) is 61.1 Å². The van der Waals surface area contributed by atoms with Crippen molar-refractivity contribution in [3.8, 4) is 6.07 Å². The number of anilines is 1. The van der Waals surface area contributed by atoms with Crippen molar-refractivity contribution in [1.29, 1.82) is 5.26 Å². The molecule has 0 aliphatic rings. The van der Waals surface area contributed by atoms with Crippen LogP contribution in [0.5, 0.6) is 0 Å². The van der Waals surface area contributed by atoms with Crippen LogP contribution in [-0.4, -0.2) is 22.0 Å². The van der Waals surface area contributed by atoms with Gasteiger partial charge in [-0.15, -0.1) is 0 Å². The van der Waals surface area contributed by atoms with E-state index >= 15 is 0 Å². The van der Waals surface area contributed by atoms with E-state index in [1.54, 1.807) is 24.3 Å². The number of nitrogens with one attached hydrogen (secondary N) is 1. The molecular formula is C25H28N4O. The van der Waals surface area contributed by atoms with Crippen LogP contribution in [0.3, 0.4) is 0 Å². The summed E-state index contributed by atoms with van der Waals surface area (Å²) in [6, 6.07) is 21.5. The third kappa shape index (κ3) is 5.74. The number of aryl methyl sites for hydroxylation is 1. The number of nitrogens with zero attached hydrogens (tertiary/aromatic N) is 3. The molecule has 0 fully saturated rings. The highest BCUT2D eigenvalue weighted by molar-refractivity contribution is 5.89. The summed E-state index contributed by atoms with van der Waals surface area (Å²) in [6.45, 7) is 6.20. The number of benzene rings is 2. The Labute approximate surface area is 178 Å². The van der Waals surface area contributed by atoms with Crippen LogP contribution in [0.25, 0.3) is 0 Å². The molecule has 1 aromatic heterocycles. The fourth-order valence-electron chi connectivity index (χ4n) is 3.42. The number of rotatable bonds is 8. The van der Waals surface area contributed by atoms with Gasteiger partial charge in [-0.05, 0) is 49.2 Å². The lowest BCUT2D eigenvalue weighted by Gasteiger charge is -2.24. The summed E-state index contributed by atoms with van der Waals surface area (Å²) in [5.41, 5.74) is 4.74. The van der Waals surface area contributed by atoms with Crippen LogP contribution in [0.1, 0.15) is 42.1 Å². The highest BCUT2D eigenvalue weighted by Crippen LogP contribution is 2.15. The van der Waals surface area contributed by atoms with E-state index in [1.807, 2.05) is 11.0 Å². The number of hydrogen-bond acceptors (Lipinski definition) is 2. The predicted octanol–water partition coefficient (Wildman–Crippen LogP) is 5.55. The minimum atomic E-state index is -0.151. The maximum atomic E-state index is 13.0. The quantitative estimate of drug-likeness (QED) is 0.539. The number of aromatic nitrogens is 1. The first-order valence-electron chi connectivity index (χ1n) is 10.3. The van der Waals surface area contributed by atoms with E-state index in [-0.39, 0.29) is 6.03 Å². The second-order valence-corrected chi connectivity index (χ2v) is 7.51. The molecule has 0 saturated carbocycles. The van der Waals surface area contributed by atoms with Crippen LogP contribution < -0.4 is 5.32 Å². The van der Waals surface area contributed by atoms with Gasteiger partial charge in [0.05, 0.1) is 18.2 Å². The predicted molar refractivity (Wildman–Crippen MR) is 120 cm³/mol. The Morgan fingerprint density at radius 3 is 2.73 bits per heavy atom. The lowest BCUT2D eigenvalue weighted by molar-refractivity contribution is 0.207. The maximum Gasteiger partial charge on any atom is 0.322 e. The van der Waals surface area contributed by atoms with Gasteiger partial charge in [-0.3, -0.25) is 0 Å². The Bertz CT molecular complexity index is 1030. The zero-order valence-corrected chi connectivity index (χ0v) is 17.6. The normalized spacial score (nSPS) is 10.4. The molecule has 0 unspecified atom stereocenters. The van der Waals surface area contributed by atoms with Crippen LogP contribution in [-0.2, 0) is 13.1 Å². The minimum Gasteiger partial charge on any atom is -0.345 e. The van der Waals surface area contributed by atoms with E-state index in [9.17, 15) is 4.79 Å². The number of urea groups is 1. The van der Waals surface area contributed by atoms with Gasteiger partial charge in [0, 0.05) is 30.7 Å². The van der Waals surface area contributed by atoms with Crippen molar-refractivity contribution in [2.75, 3.05) is 11.9 Å². The molecule has 5 nitrogen and oxygen atoms in total. The van der Waals surface area contributed by atoms with Gasteiger partial charge in [0.15, 0.2) is 0 Å². The molecule has 0 aliphatic carbocycles. The molecule has 1 N–H and O–H groups in total. The van der Waals surface area contributed by atoms with Gasteiger partial charge in [-0.1, -0.05) is 49.2 Å². The molecule has 2 amide bonds. The average molecular weight is 401 g/mol. The molecule has 0 saturated heterocycles. The van der Waals surface area contributed by atoms with E-state index in [0.717, 1.165) is 25.1 Å². The Balaban J connectivity index is 1.74. The summed E-state index contributed by atoms with van der Waals surface area (Å²) in [5.74, 6) is 0. The minimum absolute atomic E-state index is 0.151. The van der Waals surface area contributed by atoms with Crippen LogP contribution in [0, 0.1) is 18.3 Å². The first-order chi connectivity index (χ1) is 14.6. The standard InChI is InChI=1S/C25H28N4O/c1-3-4-13-29(25(30)27-23-11-6-9-21(16-23)17-26)19-24-12-7-14-28(24)18-22-10-5-8-20(2)15-22/h5-12,14-16H,3-4,13,18-19H2,1-2H3,(H,27,30). The first kappa shape index (κ1) is 21.2. The van der Waals surface area contributed by atoms with E-state index in [1.165, 1.54) is 11.1 Å². The van der Waals surface area contributed by atoms with Gasteiger partial charge in [0.2, 0.25) is 0 Å². The van der Waals surface area contributed by atoms with Crippen LogP contribution in [0.4, 0.5) is 10.5 Å². The van der Waals surface area contributed by atoms with Crippen molar-refractivity contribution in [2.45, 2.75) is 39.8 Å². The van der Waals surface area contributed by atoms with Crippen molar-refractivity contribution < 1.29 is 4.79 Å². The molecular weight excluding hydrogens is 372 g/mol. The summed E-state index contributed by atoms with van der Waals surface area (Å²) >= 11 is 0. The number of amides is 2. The van der Waals surface area contributed by atoms with Gasteiger partial charge in [-0.25, -0.2) is 4.79 Å². The lowest BCUT2D eigenvalue weighted by Crippen LogP contribution is -2.36. The van der Waals surface area contributed by atoms with Crippen LogP contribution >= 0.6 is 0 Å². The van der Waals surface area contributed by atoms with Crippen molar-refractivity contribution in [3.63, 3.8) is 0 Å². The van der Waals surface area contributed by atoms with E-state index < -0.39 is 0 Å². The summed E-state index contributed by atoms with van der Waals surface area (Å²) in [4.78, 5) is 14.8. The van der Waals surface area contributed by atoms with Gasteiger partial charge < -0.3 is 14.8 Å². The van der Waals surface area contributed by atoms with E-state index in [2.05, 4.69) is 66.3 Å². The van der Waals surface area contributed by atoms with E-state index in [0.29, 0.717) is 24.3 Å². The summed E-state index contributed by atoms with van der Waals surface area (Å²) in [5, 5.41) is 12.0.